The summed E-state index contributed by atoms with van der Waals surface area (Å²) in [4.78, 5) is 24.7. The Morgan fingerprint density at radius 1 is 0.880 bits per heavy atom. The lowest BCUT2D eigenvalue weighted by atomic mass is 9.66. The zero-order valence-corrected chi connectivity index (χ0v) is 14.7. The van der Waals surface area contributed by atoms with Gasteiger partial charge in [-0.05, 0) is 43.4 Å². The van der Waals surface area contributed by atoms with Crippen molar-refractivity contribution in [3.63, 3.8) is 0 Å². The van der Waals surface area contributed by atoms with Crippen LogP contribution in [0, 0.1) is 17.8 Å². The van der Waals surface area contributed by atoms with E-state index in [9.17, 15) is 14.7 Å². The predicted octanol–water partition coefficient (Wildman–Crippen LogP) is 5.11. The minimum Gasteiger partial charge on any atom is -0.507 e. The van der Waals surface area contributed by atoms with Crippen LogP contribution in [-0.2, 0) is 4.79 Å². The van der Waals surface area contributed by atoms with Crippen LogP contribution in [-0.4, -0.2) is 16.7 Å². The highest BCUT2D eigenvalue weighted by Crippen LogP contribution is 2.44. The van der Waals surface area contributed by atoms with Crippen LogP contribution in [0.5, 0.6) is 0 Å². The van der Waals surface area contributed by atoms with E-state index in [1.165, 1.54) is 44.9 Å². The maximum atomic E-state index is 12.4. The largest absolute Gasteiger partial charge is 0.507 e. The van der Waals surface area contributed by atoms with Gasteiger partial charge in [0, 0.05) is 16.7 Å². The van der Waals surface area contributed by atoms with Gasteiger partial charge >= 0.3 is 0 Å². The topological polar surface area (TPSA) is 54.4 Å². The van der Waals surface area contributed by atoms with Crippen molar-refractivity contribution in [1.29, 1.82) is 0 Å². The van der Waals surface area contributed by atoms with Crippen molar-refractivity contribution >= 4 is 17.3 Å². The van der Waals surface area contributed by atoms with Crippen molar-refractivity contribution in [2.75, 3.05) is 0 Å². The number of rotatable bonds is 3. The number of Topliss-reactive ketones (excluding diaryl/α,β-unsaturated/α-hetero) is 2. The highest BCUT2D eigenvalue weighted by atomic mass is 16.3. The summed E-state index contributed by atoms with van der Waals surface area (Å²) >= 11 is 0. The number of allylic oxidation sites excluding steroid dienone is 1. The van der Waals surface area contributed by atoms with E-state index in [1.54, 1.807) is 24.3 Å². The SMILES string of the molecule is O=C1C(=O)c2ccccc2C(O)=C1CC[C@@H]1CC[C@@H]2CCCC[C@H]2C1. The zero-order chi connectivity index (χ0) is 17.4. The first-order valence-corrected chi connectivity index (χ1v) is 9.75. The fraction of sp³-hybridized carbons (Fsp3) is 0.545. The average Bonchev–Trinajstić information content (AvgIpc) is 2.66. The van der Waals surface area contributed by atoms with Gasteiger partial charge in [0.15, 0.2) is 0 Å². The molecule has 1 aromatic rings. The van der Waals surface area contributed by atoms with Crippen LogP contribution >= 0.6 is 0 Å². The fourth-order valence-electron chi connectivity index (χ4n) is 5.23. The van der Waals surface area contributed by atoms with Crippen LogP contribution in [0.3, 0.4) is 0 Å². The van der Waals surface area contributed by atoms with E-state index < -0.39 is 11.6 Å². The lowest BCUT2D eigenvalue weighted by Gasteiger charge is -2.39. The number of benzene rings is 1. The van der Waals surface area contributed by atoms with Crippen molar-refractivity contribution in [2.45, 2.75) is 57.8 Å². The minimum atomic E-state index is -0.512. The molecule has 2 saturated carbocycles. The molecule has 4 rings (SSSR count). The molecule has 3 nitrogen and oxygen atoms in total. The molecule has 0 bridgehead atoms. The van der Waals surface area contributed by atoms with E-state index >= 15 is 0 Å². The molecular weight excluding hydrogens is 312 g/mol. The lowest BCUT2D eigenvalue weighted by molar-refractivity contribution is -0.112. The normalized spacial score (nSPS) is 29.4. The van der Waals surface area contributed by atoms with Crippen LogP contribution in [0.2, 0.25) is 0 Å². The summed E-state index contributed by atoms with van der Waals surface area (Å²) in [7, 11) is 0. The maximum Gasteiger partial charge on any atom is 0.234 e. The molecule has 0 heterocycles. The number of carbonyl (C=O) groups excluding carboxylic acids is 2. The smallest absolute Gasteiger partial charge is 0.234 e. The standard InChI is InChI=1S/C22H26O3/c23-20-17-7-3-4-8-18(17)21(24)22(25)19(20)12-10-14-9-11-15-5-1-2-6-16(15)13-14/h3-4,7-8,14-16,23H,1-2,5-6,9-13H2/t14-,15-,16-/m0/s1. The lowest BCUT2D eigenvalue weighted by Crippen LogP contribution is -2.28. The van der Waals surface area contributed by atoms with E-state index in [1.807, 2.05) is 0 Å². The van der Waals surface area contributed by atoms with Gasteiger partial charge < -0.3 is 5.11 Å². The molecule has 0 aromatic heterocycles. The Hall–Kier alpha value is -1.90. The summed E-state index contributed by atoms with van der Waals surface area (Å²) in [6, 6.07) is 6.86. The van der Waals surface area contributed by atoms with Crippen LogP contribution < -0.4 is 0 Å². The highest BCUT2D eigenvalue weighted by molar-refractivity contribution is 6.52. The van der Waals surface area contributed by atoms with E-state index in [4.69, 9.17) is 0 Å². The van der Waals surface area contributed by atoms with Crippen molar-refractivity contribution in [3.05, 3.63) is 41.0 Å². The summed E-state index contributed by atoms with van der Waals surface area (Å²) in [5.74, 6) is 1.44. The molecule has 0 amide bonds. The molecule has 3 atom stereocenters. The third-order valence-corrected chi connectivity index (χ3v) is 6.64. The van der Waals surface area contributed by atoms with Crippen molar-refractivity contribution in [3.8, 4) is 0 Å². The fourth-order valence-corrected chi connectivity index (χ4v) is 5.23. The first kappa shape index (κ1) is 16.6. The predicted molar refractivity (Wildman–Crippen MR) is 97.4 cm³/mol. The van der Waals surface area contributed by atoms with Crippen molar-refractivity contribution in [2.24, 2.45) is 17.8 Å². The molecule has 1 aromatic carbocycles. The Bertz CT molecular complexity index is 731. The first-order valence-electron chi connectivity index (χ1n) is 9.75. The number of fused-ring (bicyclic) bond motifs is 2. The quantitative estimate of drug-likeness (QED) is 0.779. The number of hydrogen-bond acceptors (Lipinski definition) is 3. The molecule has 2 fully saturated rings. The third kappa shape index (κ3) is 3.05. The molecule has 3 aliphatic carbocycles. The summed E-state index contributed by atoms with van der Waals surface area (Å²) in [5.41, 5.74) is 1.17. The van der Waals surface area contributed by atoms with Gasteiger partial charge in [0.2, 0.25) is 11.6 Å². The highest BCUT2D eigenvalue weighted by Gasteiger charge is 2.35. The number of hydrogen-bond donors (Lipinski definition) is 1. The summed E-state index contributed by atoms with van der Waals surface area (Å²) < 4.78 is 0. The molecule has 0 spiro atoms. The molecule has 1 N–H and O–H groups in total. The molecular formula is C22H26O3. The number of aliphatic hydroxyl groups is 1. The van der Waals surface area contributed by atoms with Gasteiger partial charge in [-0.1, -0.05) is 56.4 Å². The van der Waals surface area contributed by atoms with E-state index in [2.05, 4.69) is 0 Å². The molecule has 3 heteroatoms. The molecule has 0 unspecified atom stereocenters. The second-order valence-corrected chi connectivity index (χ2v) is 8.05. The van der Waals surface area contributed by atoms with Crippen molar-refractivity contribution < 1.29 is 14.7 Å². The van der Waals surface area contributed by atoms with Crippen LogP contribution in [0.4, 0.5) is 0 Å². The van der Waals surface area contributed by atoms with E-state index in [0.717, 1.165) is 18.3 Å². The number of carbonyl (C=O) groups is 2. The average molecular weight is 338 g/mol. The summed E-state index contributed by atoms with van der Waals surface area (Å²) in [6.07, 6.45) is 10.7. The van der Waals surface area contributed by atoms with Crippen LogP contribution in [0.15, 0.2) is 29.8 Å². The van der Waals surface area contributed by atoms with Crippen LogP contribution in [0.25, 0.3) is 5.76 Å². The van der Waals surface area contributed by atoms with Gasteiger partial charge in [-0.3, -0.25) is 9.59 Å². The van der Waals surface area contributed by atoms with Gasteiger partial charge in [-0.15, -0.1) is 0 Å². The number of aliphatic hydroxyl groups excluding tert-OH is 1. The molecule has 0 radical (unpaired) electrons. The monoisotopic (exact) mass is 338 g/mol. The molecule has 0 aliphatic heterocycles. The Morgan fingerprint density at radius 3 is 2.40 bits per heavy atom. The summed E-state index contributed by atoms with van der Waals surface area (Å²) in [6.45, 7) is 0. The van der Waals surface area contributed by atoms with Crippen molar-refractivity contribution in [1.82, 2.24) is 0 Å². The second-order valence-electron chi connectivity index (χ2n) is 8.05. The number of ketones is 2. The second kappa shape index (κ2) is 6.78. The third-order valence-electron chi connectivity index (χ3n) is 6.64. The Balaban J connectivity index is 1.47. The molecule has 0 saturated heterocycles. The maximum absolute atomic E-state index is 12.4. The van der Waals surface area contributed by atoms with Gasteiger partial charge in [0.1, 0.15) is 5.76 Å². The molecule has 3 aliphatic rings. The zero-order valence-electron chi connectivity index (χ0n) is 14.7. The van der Waals surface area contributed by atoms with E-state index in [0.29, 0.717) is 29.0 Å². The van der Waals surface area contributed by atoms with E-state index in [-0.39, 0.29) is 5.76 Å². The van der Waals surface area contributed by atoms with Gasteiger partial charge in [0.05, 0.1) is 0 Å². The summed E-state index contributed by atoms with van der Waals surface area (Å²) in [5, 5.41) is 10.5. The van der Waals surface area contributed by atoms with Gasteiger partial charge in [-0.25, -0.2) is 0 Å². The molecule has 25 heavy (non-hydrogen) atoms. The van der Waals surface area contributed by atoms with Gasteiger partial charge in [-0.2, -0.15) is 0 Å². The van der Waals surface area contributed by atoms with Crippen LogP contribution in [0.1, 0.15) is 73.7 Å². The Morgan fingerprint density at radius 2 is 1.60 bits per heavy atom. The van der Waals surface area contributed by atoms with Gasteiger partial charge in [0.25, 0.3) is 0 Å². The first-order chi connectivity index (χ1) is 12.1. The molecule has 132 valence electrons. The minimum absolute atomic E-state index is 0.0200. The Labute approximate surface area is 149 Å². The Kier molecular flexibility index (Phi) is 4.49.